The molecule has 1 aromatic carbocycles. The summed E-state index contributed by atoms with van der Waals surface area (Å²) in [5.74, 6) is 1.30. The lowest BCUT2D eigenvalue weighted by Crippen LogP contribution is -2.09. The second-order valence-corrected chi connectivity index (χ2v) is 5.52. The van der Waals surface area contributed by atoms with Gasteiger partial charge >= 0.3 is 0 Å². The van der Waals surface area contributed by atoms with E-state index >= 15 is 0 Å². The number of aromatic nitrogens is 2. The summed E-state index contributed by atoms with van der Waals surface area (Å²) in [6.45, 7) is 4.35. The summed E-state index contributed by atoms with van der Waals surface area (Å²) in [6, 6.07) is 7.09. The number of methoxy groups -OCH3 is 2. The zero-order valence-electron chi connectivity index (χ0n) is 14.5. The average molecular weight is 332 g/mol. The maximum atomic E-state index is 10.6. The topological polar surface area (TPSA) is 73.7 Å². The first kappa shape index (κ1) is 18.2. The molecule has 0 saturated carbocycles. The van der Waals surface area contributed by atoms with Gasteiger partial charge < -0.3 is 19.3 Å². The Labute approximate surface area is 142 Å². The van der Waals surface area contributed by atoms with Crippen LogP contribution < -0.4 is 9.47 Å². The molecule has 24 heavy (non-hydrogen) atoms. The Morgan fingerprint density at radius 2 is 1.88 bits per heavy atom. The van der Waals surface area contributed by atoms with Crippen LogP contribution in [0.25, 0.3) is 0 Å². The second-order valence-electron chi connectivity index (χ2n) is 5.52. The first-order valence-corrected chi connectivity index (χ1v) is 7.91. The van der Waals surface area contributed by atoms with Crippen LogP contribution in [-0.4, -0.2) is 36.1 Å². The number of nitrogens with zero attached hydrogens (tertiary/aromatic N) is 2. The van der Waals surface area contributed by atoms with Crippen LogP contribution in [0, 0.1) is 0 Å². The Balaban J connectivity index is 2.23. The molecule has 0 saturated heterocycles. The van der Waals surface area contributed by atoms with Gasteiger partial charge in [0.05, 0.1) is 12.8 Å². The van der Waals surface area contributed by atoms with E-state index < -0.39 is 6.10 Å². The molecule has 2 unspecified atom stereocenters. The molecule has 2 aromatic rings. The van der Waals surface area contributed by atoms with E-state index in [4.69, 9.17) is 14.2 Å². The molecule has 0 bridgehead atoms. The second kappa shape index (κ2) is 8.61. The molecule has 0 fully saturated rings. The lowest BCUT2D eigenvalue weighted by molar-refractivity contribution is 0.0511. The molecular formula is C18H24N2O4. The fourth-order valence-corrected chi connectivity index (χ4v) is 2.21. The fourth-order valence-electron chi connectivity index (χ4n) is 2.21. The highest BCUT2D eigenvalue weighted by Crippen LogP contribution is 2.29. The monoisotopic (exact) mass is 332 g/mol. The van der Waals surface area contributed by atoms with E-state index in [1.165, 1.54) is 7.11 Å². The predicted octanol–water partition coefficient (Wildman–Crippen LogP) is 3.06. The predicted molar refractivity (Wildman–Crippen MR) is 90.3 cm³/mol. The molecule has 2 atom stereocenters. The van der Waals surface area contributed by atoms with Gasteiger partial charge in [0, 0.05) is 13.3 Å². The normalized spacial score (nSPS) is 13.4. The summed E-state index contributed by atoms with van der Waals surface area (Å²) >= 11 is 0. The molecular weight excluding hydrogens is 308 g/mol. The summed E-state index contributed by atoms with van der Waals surface area (Å²) in [4.78, 5) is 8.86. The highest BCUT2D eigenvalue weighted by molar-refractivity contribution is 5.35. The summed E-state index contributed by atoms with van der Waals surface area (Å²) in [6.07, 6.45) is 1.74. The third-order valence-corrected chi connectivity index (χ3v) is 3.89. The lowest BCUT2D eigenvalue weighted by Gasteiger charge is -2.16. The average Bonchev–Trinajstić information content (AvgIpc) is 2.65. The zero-order chi connectivity index (χ0) is 17.5. The molecule has 0 spiro atoms. The number of hydrogen-bond donors (Lipinski definition) is 1. The molecule has 0 aliphatic carbocycles. The van der Waals surface area contributed by atoms with Gasteiger partial charge in [0.25, 0.3) is 0 Å². The SMILES string of the molecule is CCC(C)c1cnc(C(O)c2ccc(OCOC)cc2)c(OC)n1. The molecule has 1 heterocycles. The number of ether oxygens (including phenoxy) is 3. The maximum Gasteiger partial charge on any atom is 0.238 e. The summed E-state index contributed by atoms with van der Waals surface area (Å²) in [5.41, 5.74) is 1.94. The molecule has 1 aromatic heterocycles. The van der Waals surface area contributed by atoms with E-state index in [9.17, 15) is 5.11 Å². The Morgan fingerprint density at radius 1 is 1.17 bits per heavy atom. The van der Waals surface area contributed by atoms with Gasteiger partial charge in [0.15, 0.2) is 6.79 Å². The van der Waals surface area contributed by atoms with Crippen molar-refractivity contribution in [3.05, 3.63) is 47.4 Å². The van der Waals surface area contributed by atoms with Crippen LogP contribution in [0.3, 0.4) is 0 Å². The third kappa shape index (κ3) is 4.21. The Hall–Kier alpha value is -2.18. The minimum Gasteiger partial charge on any atom is -0.480 e. The zero-order valence-corrected chi connectivity index (χ0v) is 14.5. The van der Waals surface area contributed by atoms with Gasteiger partial charge in [-0.25, -0.2) is 4.98 Å². The molecule has 0 radical (unpaired) electrons. The number of aliphatic hydroxyl groups excluding tert-OH is 1. The largest absolute Gasteiger partial charge is 0.480 e. The van der Waals surface area contributed by atoms with E-state index in [2.05, 4.69) is 23.8 Å². The summed E-state index contributed by atoms with van der Waals surface area (Å²) in [5, 5.41) is 10.6. The molecule has 2 rings (SSSR count). The highest BCUT2D eigenvalue weighted by atomic mass is 16.7. The van der Waals surface area contributed by atoms with Crippen LogP contribution in [-0.2, 0) is 4.74 Å². The van der Waals surface area contributed by atoms with Crippen molar-refractivity contribution in [3.8, 4) is 11.6 Å². The third-order valence-electron chi connectivity index (χ3n) is 3.89. The van der Waals surface area contributed by atoms with Crippen molar-refractivity contribution in [1.29, 1.82) is 0 Å². The van der Waals surface area contributed by atoms with E-state index in [1.54, 1.807) is 37.6 Å². The van der Waals surface area contributed by atoms with Crippen molar-refractivity contribution < 1.29 is 19.3 Å². The maximum absolute atomic E-state index is 10.6. The van der Waals surface area contributed by atoms with Crippen molar-refractivity contribution in [2.24, 2.45) is 0 Å². The van der Waals surface area contributed by atoms with Crippen LogP contribution >= 0.6 is 0 Å². The van der Waals surface area contributed by atoms with Gasteiger partial charge in [0.2, 0.25) is 5.88 Å². The van der Waals surface area contributed by atoms with Gasteiger partial charge in [-0.2, -0.15) is 0 Å². The quantitative estimate of drug-likeness (QED) is 0.749. The van der Waals surface area contributed by atoms with Crippen LogP contribution in [0.2, 0.25) is 0 Å². The molecule has 1 N–H and O–H groups in total. The molecule has 6 nitrogen and oxygen atoms in total. The Kier molecular flexibility index (Phi) is 6.52. The van der Waals surface area contributed by atoms with Crippen LogP contribution in [0.5, 0.6) is 11.6 Å². The molecule has 0 amide bonds. The highest BCUT2D eigenvalue weighted by Gasteiger charge is 2.20. The van der Waals surface area contributed by atoms with Crippen molar-refractivity contribution in [2.45, 2.75) is 32.3 Å². The minimum atomic E-state index is -0.921. The van der Waals surface area contributed by atoms with E-state index in [0.717, 1.165) is 12.1 Å². The molecule has 0 aliphatic heterocycles. The van der Waals surface area contributed by atoms with Crippen LogP contribution in [0.1, 0.15) is 49.2 Å². The van der Waals surface area contributed by atoms with Gasteiger partial charge in [-0.15, -0.1) is 0 Å². The van der Waals surface area contributed by atoms with Crippen LogP contribution in [0.4, 0.5) is 0 Å². The first-order valence-electron chi connectivity index (χ1n) is 7.91. The minimum absolute atomic E-state index is 0.179. The smallest absolute Gasteiger partial charge is 0.238 e. The number of hydrogen-bond acceptors (Lipinski definition) is 6. The van der Waals surface area contributed by atoms with E-state index in [-0.39, 0.29) is 12.7 Å². The Morgan fingerprint density at radius 3 is 2.46 bits per heavy atom. The van der Waals surface area contributed by atoms with Gasteiger partial charge in [-0.1, -0.05) is 26.0 Å². The Bertz CT molecular complexity index is 646. The van der Waals surface area contributed by atoms with Crippen molar-refractivity contribution >= 4 is 0 Å². The number of aliphatic hydroxyl groups is 1. The first-order chi connectivity index (χ1) is 11.6. The lowest BCUT2D eigenvalue weighted by atomic mass is 10.0. The summed E-state index contributed by atoms with van der Waals surface area (Å²) in [7, 11) is 3.09. The van der Waals surface area contributed by atoms with Crippen molar-refractivity contribution in [1.82, 2.24) is 9.97 Å². The van der Waals surface area contributed by atoms with Gasteiger partial charge in [-0.05, 0) is 30.0 Å². The molecule has 0 aliphatic rings. The van der Waals surface area contributed by atoms with Crippen molar-refractivity contribution in [2.75, 3.05) is 21.0 Å². The van der Waals surface area contributed by atoms with E-state index in [0.29, 0.717) is 22.9 Å². The van der Waals surface area contributed by atoms with E-state index in [1.807, 2.05) is 0 Å². The standard InChI is InChI=1S/C18H24N2O4/c1-5-12(2)15-10-19-16(18(20-15)23-4)17(21)13-6-8-14(9-7-13)24-11-22-3/h6-10,12,17,21H,5,11H2,1-4H3. The van der Waals surface area contributed by atoms with Gasteiger partial charge in [-0.3, -0.25) is 4.98 Å². The molecule has 6 heteroatoms. The van der Waals surface area contributed by atoms with Crippen LogP contribution in [0.15, 0.2) is 30.5 Å². The number of rotatable bonds is 8. The number of benzene rings is 1. The summed E-state index contributed by atoms with van der Waals surface area (Å²) < 4.78 is 15.5. The molecule has 130 valence electrons. The van der Waals surface area contributed by atoms with Crippen molar-refractivity contribution in [3.63, 3.8) is 0 Å². The fraction of sp³-hybridized carbons (Fsp3) is 0.444. The van der Waals surface area contributed by atoms with Gasteiger partial charge in [0.1, 0.15) is 17.5 Å².